The van der Waals surface area contributed by atoms with E-state index in [2.05, 4.69) is 7.92 Å². The van der Waals surface area contributed by atoms with Crippen molar-refractivity contribution in [3.8, 4) is 5.75 Å². The summed E-state index contributed by atoms with van der Waals surface area (Å²) in [6.07, 6.45) is 0. The van der Waals surface area contributed by atoms with Gasteiger partial charge < -0.3 is 4.18 Å². The van der Waals surface area contributed by atoms with Gasteiger partial charge in [-0.3, -0.25) is 0 Å². The topological polar surface area (TPSA) is 35.5 Å². The van der Waals surface area contributed by atoms with Crippen LogP contribution in [0.1, 0.15) is 0 Å². The lowest BCUT2D eigenvalue weighted by molar-refractivity contribution is 0.481. The van der Waals surface area contributed by atoms with Gasteiger partial charge in [-0.15, -0.1) is 3.74 Å². The Morgan fingerprint density at radius 2 is 1.91 bits per heavy atom. The van der Waals surface area contributed by atoms with Crippen LogP contribution in [-0.2, 0) is 15.1 Å². The molecule has 0 radical (unpaired) electrons. The molecule has 0 bridgehead atoms. The van der Waals surface area contributed by atoms with Crippen LogP contribution in [0.3, 0.4) is 0 Å². The standard InChI is InChI=1S/C6H5ClO3S/c7-10-11(8)9-6-4-2-1-3-5-6/h1-5H. The van der Waals surface area contributed by atoms with Crippen molar-refractivity contribution in [2.45, 2.75) is 0 Å². The third-order valence-electron chi connectivity index (χ3n) is 0.959. The quantitative estimate of drug-likeness (QED) is 0.733. The van der Waals surface area contributed by atoms with E-state index < -0.39 is 11.4 Å². The van der Waals surface area contributed by atoms with Crippen molar-refractivity contribution in [1.82, 2.24) is 0 Å². The van der Waals surface area contributed by atoms with Crippen molar-refractivity contribution < 1.29 is 12.1 Å². The molecule has 60 valence electrons. The Kier molecular flexibility index (Phi) is 3.35. The Bertz CT molecular complexity index is 239. The highest BCUT2D eigenvalue weighted by atomic mass is 35.5. The second kappa shape index (κ2) is 4.33. The zero-order valence-corrected chi connectivity index (χ0v) is 6.97. The van der Waals surface area contributed by atoms with E-state index in [4.69, 9.17) is 11.9 Å². The fourth-order valence-corrected chi connectivity index (χ4v) is 0.939. The number of para-hydroxylation sites is 1. The van der Waals surface area contributed by atoms with Crippen LogP contribution in [0.4, 0.5) is 0 Å². The summed E-state index contributed by atoms with van der Waals surface area (Å²) in [4.78, 5) is 0. The smallest absolute Gasteiger partial charge is 0.377 e. The van der Waals surface area contributed by atoms with E-state index in [9.17, 15) is 4.21 Å². The van der Waals surface area contributed by atoms with Crippen LogP contribution in [-0.4, -0.2) is 4.21 Å². The van der Waals surface area contributed by atoms with E-state index in [1.165, 1.54) is 0 Å². The first-order valence-corrected chi connectivity index (χ1v) is 4.08. The average molecular weight is 193 g/mol. The maximum atomic E-state index is 10.5. The molecule has 1 rings (SSSR count). The molecule has 0 aliphatic rings. The van der Waals surface area contributed by atoms with Crippen molar-refractivity contribution in [2.24, 2.45) is 0 Å². The van der Waals surface area contributed by atoms with E-state index in [1.807, 2.05) is 6.07 Å². The summed E-state index contributed by atoms with van der Waals surface area (Å²) in [6, 6.07) is 8.61. The predicted octanol–water partition coefficient (Wildman–Crippen LogP) is 1.81. The van der Waals surface area contributed by atoms with Gasteiger partial charge in [-0.2, -0.15) is 4.21 Å². The molecule has 3 nitrogen and oxygen atoms in total. The lowest BCUT2D eigenvalue weighted by Gasteiger charge is -1.98. The van der Waals surface area contributed by atoms with E-state index in [0.717, 1.165) is 0 Å². The molecule has 0 heterocycles. The average Bonchev–Trinajstić information content (AvgIpc) is 2.06. The summed E-state index contributed by atoms with van der Waals surface area (Å²) < 4.78 is 19.1. The molecule has 0 aromatic heterocycles. The summed E-state index contributed by atoms with van der Waals surface area (Å²) in [5.41, 5.74) is 0. The van der Waals surface area contributed by atoms with E-state index in [-0.39, 0.29) is 0 Å². The molecule has 11 heavy (non-hydrogen) atoms. The van der Waals surface area contributed by atoms with Crippen LogP contribution in [0.25, 0.3) is 0 Å². The van der Waals surface area contributed by atoms with Gasteiger partial charge in [0.15, 0.2) is 0 Å². The van der Waals surface area contributed by atoms with Crippen molar-refractivity contribution in [1.29, 1.82) is 0 Å². The molecule has 0 amide bonds. The Labute approximate surface area is 71.9 Å². The van der Waals surface area contributed by atoms with Gasteiger partial charge in [-0.1, -0.05) is 18.2 Å². The molecule has 0 aliphatic heterocycles. The first-order chi connectivity index (χ1) is 5.33. The number of halogens is 1. The lowest BCUT2D eigenvalue weighted by Crippen LogP contribution is -1.98. The Morgan fingerprint density at radius 1 is 1.27 bits per heavy atom. The first kappa shape index (κ1) is 8.52. The van der Waals surface area contributed by atoms with E-state index >= 15 is 0 Å². The minimum atomic E-state index is -1.91. The molecule has 0 aliphatic carbocycles. The van der Waals surface area contributed by atoms with Crippen molar-refractivity contribution in [3.63, 3.8) is 0 Å². The van der Waals surface area contributed by atoms with Gasteiger partial charge in [0, 0.05) is 0 Å². The van der Waals surface area contributed by atoms with Gasteiger partial charge in [-0.05, 0) is 12.1 Å². The van der Waals surface area contributed by atoms with Crippen LogP contribution >= 0.6 is 11.9 Å². The molecule has 0 spiro atoms. The first-order valence-electron chi connectivity index (χ1n) is 2.77. The highest BCUT2D eigenvalue weighted by molar-refractivity contribution is 7.76. The molecule has 1 unspecified atom stereocenters. The monoisotopic (exact) mass is 192 g/mol. The number of benzene rings is 1. The van der Waals surface area contributed by atoms with Crippen LogP contribution in [0.5, 0.6) is 5.75 Å². The zero-order chi connectivity index (χ0) is 8.10. The fraction of sp³-hybridized carbons (Fsp3) is 0. The normalized spacial score (nSPS) is 12.5. The maximum absolute atomic E-state index is 10.5. The molecule has 0 saturated heterocycles. The summed E-state index contributed by atoms with van der Waals surface area (Å²) in [5.74, 6) is 0.450. The minimum absolute atomic E-state index is 0.450. The van der Waals surface area contributed by atoms with Gasteiger partial charge in [0.25, 0.3) is 0 Å². The highest BCUT2D eigenvalue weighted by Crippen LogP contribution is 2.10. The molecule has 1 aromatic rings. The van der Waals surface area contributed by atoms with Gasteiger partial charge in [0.05, 0.1) is 11.9 Å². The van der Waals surface area contributed by atoms with Crippen LogP contribution in [0.15, 0.2) is 30.3 Å². The fourth-order valence-electron chi connectivity index (χ4n) is 0.567. The largest absolute Gasteiger partial charge is 0.379 e. The van der Waals surface area contributed by atoms with Crippen LogP contribution < -0.4 is 4.18 Å². The lowest BCUT2D eigenvalue weighted by atomic mass is 10.3. The molecular formula is C6H5ClO3S. The molecular weight excluding hydrogens is 188 g/mol. The molecule has 5 heteroatoms. The van der Waals surface area contributed by atoms with E-state index in [0.29, 0.717) is 5.75 Å². The maximum Gasteiger partial charge on any atom is 0.377 e. The third-order valence-corrected chi connectivity index (χ3v) is 1.70. The Balaban J connectivity index is 2.58. The SMILES string of the molecule is O=S(OCl)Oc1ccccc1. The number of hydrogen-bond donors (Lipinski definition) is 0. The minimum Gasteiger partial charge on any atom is -0.379 e. The van der Waals surface area contributed by atoms with Crippen molar-refractivity contribution >= 4 is 23.2 Å². The second-order valence-electron chi connectivity index (χ2n) is 1.66. The Morgan fingerprint density at radius 3 is 2.45 bits per heavy atom. The summed E-state index contributed by atoms with van der Waals surface area (Å²) in [7, 11) is 0. The van der Waals surface area contributed by atoms with Crippen LogP contribution in [0.2, 0.25) is 0 Å². The van der Waals surface area contributed by atoms with E-state index in [1.54, 1.807) is 24.3 Å². The van der Waals surface area contributed by atoms with Crippen molar-refractivity contribution in [2.75, 3.05) is 0 Å². The molecule has 0 fully saturated rings. The highest BCUT2D eigenvalue weighted by Gasteiger charge is 1.99. The molecule has 1 aromatic carbocycles. The Hall–Kier alpha value is -0.580. The zero-order valence-electron chi connectivity index (χ0n) is 5.40. The third kappa shape index (κ3) is 2.88. The molecule has 1 atom stereocenters. The second-order valence-corrected chi connectivity index (χ2v) is 2.74. The predicted molar refractivity (Wildman–Crippen MR) is 42.2 cm³/mol. The number of hydrogen-bond acceptors (Lipinski definition) is 3. The van der Waals surface area contributed by atoms with Gasteiger partial charge in [0.2, 0.25) is 0 Å². The van der Waals surface area contributed by atoms with Crippen LogP contribution in [0, 0.1) is 0 Å². The summed E-state index contributed by atoms with van der Waals surface area (Å²) in [5, 5.41) is 0. The van der Waals surface area contributed by atoms with Gasteiger partial charge >= 0.3 is 11.4 Å². The van der Waals surface area contributed by atoms with Gasteiger partial charge in [0.1, 0.15) is 5.75 Å². The van der Waals surface area contributed by atoms with Gasteiger partial charge in [-0.25, -0.2) is 0 Å². The number of rotatable bonds is 3. The molecule has 0 saturated carbocycles. The summed E-state index contributed by atoms with van der Waals surface area (Å²) in [6.45, 7) is 0. The molecule has 0 N–H and O–H groups in total. The summed E-state index contributed by atoms with van der Waals surface area (Å²) >= 11 is 2.86. The van der Waals surface area contributed by atoms with Crippen molar-refractivity contribution in [3.05, 3.63) is 30.3 Å².